The molecule has 0 aliphatic rings. The van der Waals surface area contributed by atoms with Gasteiger partial charge in [-0.05, 0) is 71.8 Å². The van der Waals surface area contributed by atoms with Crippen LogP contribution in [0.3, 0.4) is 0 Å². The van der Waals surface area contributed by atoms with E-state index >= 15 is 0 Å². The van der Waals surface area contributed by atoms with Crippen molar-refractivity contribution in [1.82, 2.24) is 9.97 Å². The van der Waals surface area contributed by atoms with Crippen molar-refractivity contribution in [3.8, 4) is 0 Å². The van der Waals surface area contributed by atoms with E-state index in [1.54, 1.807) is 30.6 Å². The van der Waals surface area contributed by atoms with Gasteiger partial charge in [-0.25, -0.2) is 0 Å². The average Bonchev–Trinajstić information content (AvgIpc) is 3.03. The molecule has 2 aromatic carbocycles. The standard InChI is InChI=1S/C16H13F6NO.C9H5BrF6.C7H9NO.Na.H/c17-15(18,19)12-7-11(8-13(9-12)16(20,21)22)10-24-6-4-14-3-1-2-5-23-14;10-4-5-1-6(8(11,12)13)3-7(2-5)9(14,15)16;9-6-4-7-3-1-2-5-8-7;;/h1-3,5,7-9H,4,6,10H2;1-3H,4H2;1-3,5,9H,4,6H2;;/q;;;+1;-1/p+1. The Labute approximate surface area is 310 Å². The summed E-state index contributed by atoms with van der Waals surface area (Å²) >= 11 is 2.82. The monoisotopic (exact) mass is 803 g/mol. The van der Waals surface area contributed by atoms with Crippen LogP contribution in [-0.2, 0) is 54.2 Å². The van der Waals surface area contributed by atoms with Crippen LogP contribution in [0.4, 0.5) is 52.7 Å². The van der Waals surface area contributed by atoms with Gasteiger partial charge in [-0.15, -0.1) is 0 Å². The Bertz CT molecular complexity index is 1510. The van der Waals surface area contributed by atoms with E-state index in [1.807, 2.05) is 18.2 Å². The molecule has 0 amide bonds. The minimum atomic E-state index is -4.86. The fourth-order valence-electron chi connectivity index (χ4n) is 3.79. The summed E-state index contributed by atoms with van der Waals surface area (Å²) in [6.07, 6.45) is -14.8. The van der Waals surface area contributed by atoms with Crippen LogP contribution in [0.15, 0.2) is 85.2 Å². The van der Waals surface area contributed by atoms with Gasteiger partial charge in [0, 0.05) is 35.5 Å². The fraction of sp³-hybridized carbons (Fsp3) is 0.312. The molecule has 4 rings (SSSR count). The molecule has 2 N–H and O–H groups in total. The van der Waals surface area contributed by atoms with Crippen LogP contribution >= 0.6 is 15.9 Å². The Morgan fingerprint density at radius 1 is 0.580 bits per heavy atom. The zero-order valence-electron chi connectivity index (χ0n) is 27.0. The fourth-order valence-corrected chi connectivity index (χ4v) is 4.11. The summed E-state index contributed by atoms with van der Waals surface area (Å²) in [7, 11) is 0. The van der Waals surface area contributed by atoms with Crippen molar-refractivity contribution >= 4 is 15.9 Å². The summed E-state index contributed by atoms with van der Waals surface area (Å²) in [6.45, 7) is 0.214. The van der Waals surface area contributed by atoms with Gasteiger partial charge < -0.3 is 11.3 Å². The van der Waals surface area contributed by atoms with Crippen molar-refractivity contribution in [2.24, 2.45) is 0 Å². The topological polar surface area (TPSA) is 57.9 Å². The Morgan fingerprint density at radius 2 is 0.960 bits per heavy atom. The first-order valence-corrected chi connectivity index (χ1v) is 15.0. The SMILES string of the molecule is FC(F)(F)c1cc(CBr)cc(C(F)(F)F)c1.FC(F)(F)c1cc(COCCc2ccccn2)cc(C(F)(F)F)c1.[H-].[Na+].[OH2+]CCc1ccccn1. The molecule has 0 bridgehead atoms. The second kappa shape index (κ2) is 20.4. The molecule has 0 aliphatic carbocycles. The molecule has 4 nitrogen and oxygen atoms in total. The van der Waals surface area contributed by atoms with E-state index in [-0.39, 0.29) is 72.8 Å². The Morgan fingerprint density at radius 3 is 1.28 bits per heavy atom. The van der Waals surface area contributed by atoms with Gasteiger partial charge in [-0.2, -0.15) is 52.7 Å². The number of rotatable bonds is 8. The molecule has 0 unspecified atom stereocenters. The van der Waals surface area contributed by atoms with Gasteiger partial charge in [0.2, 0.25) is 0 Å². The van der Waals surface area contributed by atoms with Crippen LogP contribution in [0.5, 0.6) is 0 Å². The molecular weight excluding hydrogens is 775 g/mol. The quantitative estimate of drug-likeness (QED) is 0.0637. The van der Waals surface area contributed by atoms with Gasteiger partial charge in [0.25, 0.3) is 0 Å². The van der Waals surface area contributed by atoms with Gasteiger partial charge in [0.1, 0.15) is 6.61 Å². The molecule has 4 aromatic rings. The summed E-state index contributed by atoms with van der Waals surface area (Å²) in [5.41, 5.74) is -3.81. The van der Waals surface area contributed by atoms with Crippen molar-refractivity contribution in [2.45, 2.75) is 49.5 Å². The molecule has 0 spiro atoms. The minimum Gasteiger partial charge on any atom is -1.00 e. The molecule has 0 saturated heterocycles. The van der Waals surface area contributed by atoms with Gasteiger partial charge >= 0.3 is 54.3 Å². The number of alkyl halides is 13. The van der Waals surface area contributed by atoms with E-state index in [0.29, 0.717) is 37.3 Å². The largest absolute Gasteiger partial charge is 1.00 e. The van der Waals surface area contributed by atoms with Crippen molar-refractivity contribution in [3.63, 3.8) is 0 Å². The summed E-state index contributed by atoms with van der Waals surface area (Å²) < 4.78 is 155. The summed E-state index contributed by atoms with van der Waals surface area (Å²) in [4.78, 5) is 8.09. The molecule has 0 atom stereocenters. The van der Waals surface area contributed by atoms with Gasteiger partial charge in [0.05, 0.1) is 41.9 Å². The first-order chi connectivity index (χ1) is 22.7. The molecule has 2 heterocycles. The number of hydrogen-bond acceptors (Lipinski definition) is 3. The third kappa shape index (κ3) is 16.5. The molecule has 18 heteroatoms. The zero-order chi connectivity index (χ0) is 36.9. The normalized spacial score (nSPS) is 11.8. The first kappa shape index (κ1) is 45.3. The molecular formula is C32H29BrF12N2NaO2+. The second-order valence-corrected chi connectivity index (χ2v) is 10.5. The molecule has 0 radical (unpaired) electrons. The summed E-state index contributed by atoms with van der Waals surface area (Å²) in [5, 5.41) is 6.83. The molecule has 0 fully saturated rings. The first-order valence-electron chi connectivity index (χ1n) is 13.9. The van der Waals surface area contributed by atoms with Crippen LogP contribution < -0.4 is 29.6 Å². The molecule has 0 aliphatic heterocycles. The Hall–Kier alpha value is -2.70. The van der Waals surface area contributed by atoms with Crippen LogP contribution in [0.2, 0.25) is 0 Å². The predicted molar refractivity (Wildman–Crippen MR) is 161 cm³/mol. The van der Waals surface area contributed by atoms with E-state index in [2.05, 4.69) is 25.9 Å². The maximum Gasteiger partial charge on any atom is 1.00 e. The van der Waals surface area contributed by atoms with Crippen molar-refractivity contribution < 1.29 is 93.5 Å². The predicted octanol–water partition coefficient (Wildman–Crippen LogP) is 6.96. The number of nitrogens with zero attached hydrogens (tertiary/aromatic N) is 2. The summed E-state index contributed by atoms with van der Waals surface area (Å²) in [6, 6.07) is 13.9. The second-order valence-electron chi connectivity index (χ2n) is 9.91. The number of benzene rings is 2. The minimum absolute atomic E-state index is 0. The molecule has 270 valence electrons. The maximum absolute atomic E-state index is 12.7. The number of halogens is 13. The number of hydrogen-bond donors (Lipinski definition) is 0. The van der Waals surface area contributed by atoms with Crippen molar-refractivity contribution in [2.75, 3.05) is 13.2 Å². The Balaban J connectivity index is 0.000000799. The van der Waals surface area contributed by atoms with Gasteiger partial charge in [-0.1, -0.05) is 28.1 Å². The summed E-state index contributed by atoms with van der Waals surface area (Å²) in [5.74, 6) is 0. The molecule has 50 heavy (non-hydrogen) atoms. The third-order valence-electron chi connectivity index (χ3n) is 6.05. The van der Waals surface area contributed by atoms with Crippen molar-refractivity contribution in [3.05, 3.63) is 130 Å². The number of aromatic nitrogens is 2. The number of pyridine rings is 2. The van der Waals surface area contributed by atoms with Crippen LogP contribution in [0.25, 0.3) is 0 Å². The van der Waals surface area contributed by atoms with E-state index in [9.17, 15) is 52.7 Å². The zero-order valence-corrected chi connectivity index (χ0v) is 29.6. The van der Waals surface area contributed by atoms with E-state index in [0.717, 1.165) is 17.8 Å². The third-order valence-corrected chi connectivity index (χ3v) is 6.70. The van der Waals surface area contributed by atoms with Crippen molar-refractivity contribution in [1.29, 1.82) is 0 Å². The van der Waals surface area contributed by atoms with E-state index < -0.39 is 47.0 Å². The van der Waals surface area contributed by atoms with Crippen LogP contribution in [0.1, 0.15) is 46.2 Å². The molecule has 2 aromatic heterocycles. The van der Waals surface area contributed by atoms with Gasteiger partial charge in [0.15, 0.2) is 0 Å². The van der Waals surface area contributed by atoms with Crippen LogP contribution in [0, 0.1) is 0 Å². The Kier molecular flexibility index (Phi) is 18.5. The molecule has 0 saturated carbocycles. The van der Waals surface area contributed by atoms with E-state index in [4.69, 9.17) is 9.84 Å². The smallest absolute Gasteiger partial charge is 1.00 e. The van der Waals surface area contributed by atoms with Gasteiger partial charge in [-0.3, -0.25) is 9.97 Å². The maximum atomic E-state index is 12.7. The average molecular weight is 804 g/mol. The van der Waals surface area contributed by atoms with E-state index in [1.165, 1.54) is 0 Å². The number of ether oxygens (including phenoxy) is 1. The van der Waals surface area contributed by atoms with Crippen LogP contribution in [-0.4, -0.2) is 28.3 Å².